The molecular weight excluding hydrogens is 259 g/mol. The lowest BCUT2D eigenvalue weighted by Gasteiger charge is -2.40. The maximum Gasteiger partial charge on any atom is 0.416 e. The van der Waals surface area contributed by atoms with Crippen LogP contribution in [-0.2, 0) is 11.7 Å². The molecule has 1 aliphatic heterocycles. The van der Waals surface area contributed by atoms with Crippen LogP contribution >= 0.6 is 0 Å². The minimum absolute atomic E-state index is 0.121. The van der Waals surface area contributed by atoms with Gasteiger partial charge in [0.05, 0.1) is 5.56 Å². The predicted molar refractivity (Wildman–Crippen MR) is 62.2 cm³/mol. The molecule has 1 aromatic carbocycles. The Bertz CT molecular complexity index is 509. The summed E-state index contributed by atoms with van der Waals surface area (Å²) in [7, 11) is 0. The van der Waals surface area contributed by atoms with Gasteiger partial charge in [0.15, 0.2) is 11.5 Å². The number of halogens is 3. The fraction of sp³-hybridized carbons (Fsp3) is 0.538. The molecule has 1 heterocycles. The Morgan fingerprint density at radius 2 is 1.63 bits per heavy atom. The van der Waals surface area contributed by atoms with Gasteiger partial charge in [0.25, 0.3) is 0 Å². The summed E-state index contributed by atoms with van der Waals surface area (Å²) in [4.78, 5) is 0. The van der Waals surface area contributed by atoms with Crippen LogP contribution in [0, 0.1) is 0 Å². The van der Waals surface area contributed by atoms with Gasteiger partial charge in [-0.05, 0) is 37.0 Å². The Hall–Kier alpha value is -1.43. The van der Waals surface area contributed by atoms with Gasteiger partial charge in [0.2, 0.25) is 0 Å². The highest BCUT2D eigenvalue weighted by Gasteiger charge is 2.44. The lowest BCUT2D eigenvalue weighted by atomic mass is 9.71. The Morgan fingerprint density at radius 1 is 1.05 bits per heavy atom. The Labute approximate surface area is 108 Å². The summed E-state index contributed by atoms with van der Waals surface area (Å²) in [5.74, 6) is 0.497. The van der Waals surface area contributed by atoms with E-state index in [1.165, 1.54) is 6.07 Å². The second-order valence-corrected chi connectivity index (χ2v) is 5.05. The maximum atomic E-state index is 13.2. The van der Waals surface area contributed by atoms with Crippen molar-refractivity contribution in [2.75, 3.05) is 13.2 Å². The average molecular weight is 273 g/mol. The van der Waals surface area contributed by atoms with E-state index < -0.39 is 17.3 Å². The van der Waals surface area contributed by atoms with Crippen molar-refractivity contribution in [3.05, 3.63) is 23.3 Å². The van der Waals surface area contributed by atoms with Gasteiger partial charge in [-0.15, -0.1) is 0 Å². The van der Waals surface area contributed by atoms with Crippen LogP contribution in [0.5, 0.6) is 11.5 Å². The number of hydrogen-bond donors (Lipinski definition) is 1. The highest BCUT2D eigenvalue weighted by Crippen LogP contribution is 2.48. The summed E-state index contributed by atoms with van der Waals surface area (Å²) < 4.78 is 50.0. The number of ether oxygens (including phenoxy) is 2. The molecular formula is C13H14F3NO2. The van der Waals surface area contributed by atoms with Crippen molar-refractivity contribution in [2.24, 2.45) is 5.73 Å². The Morgan fingerprint density at radius 3 is 2.11 bits per heavy atom. The molecule has 1 saturated carbocycles. The molecule has 2 N–H and O–H groups in total. The van der Waals surface area contributed by atoms with Crippen molar-refractivity contribution in [2.45, 2.75) is 31.0 Å². The molecule has 3 nitrogen and oxygen atoms in total. The van der Waals surface area contributed by atoms with Gasteiger partial charge in [-0.1, -0.05) is 0 Å². The van der Waals surface area contributed by atoms with Gasteiger partial charge in [-0.2, -0.15) is 13.2 Å². The minimum Gasteiger partial charge on any atom is -0.486 e. The third-order valence-corrected chi connectivity index (χ3v) is 3.77. The van der Waals surface area contributed by atoms with Crippen molar-refractivity contribution in [3.8, 4) is 11.5 Å². The largest absolute Gasteiger partial charge is 0.486 e. The number of fused-ring (bicyclic) bond motifs is 1. The van der Waals surface area contributed by atoms with E-state index in [-0.39, 0.29) is 17.9 Å². The molecule has 0 spiro atoms. The van der Waals surface area contributed by atoms with E-state index in [9.17, 15) is 13.2 Å². The van der Waals surface area contributed by atoms with E-state index >= 15 is 0 Å². The molecule has 0 unspecified atom stereocenters. The molecule has 0 aromatic heterocycles. The van der Waals surface area contributed by atoms with E-state index in [1.54, 1.807) is 0 Å². The van der Waals surface area contributed by atoms with Crippen LogP contribution in [0.4, 0.5) is 13.2 Å². The van der Waals surface area contributed by atoms with Gasteiger partial charge in [0, 0.05) is 5.54 Å². The van der Waals surface area contributed by atoms with Crippen LogP contribution in [0.25, 0.3) is 0 Å². The third kappa shape index (κ3) is 2.04. The zero-order chi connectivity index (χ0) is 13.7. The molecule has 0 amide bonds. The highest BCUT2D eigenvalue weighted by atomic mass is 19.4. The van der Waals surface area contributed by atoms with Crippen molar-refractivity contribution in [1.29, 1.82) is 0 Å². The SMILES string of the molecule is NC1(c2cc3c(cc2C(F)(F)F)OCCO3)CCC1. The van der Waals surface area contributed by atoms with E-state index in [1.807, 2.05) is 0 Å². The van der Waals surface area contributed by atoms with E-state index in [2.05, 4.69) is 0 Å². The molecule has 2 aliphatic rings. The molecule has 0 saturated heterocycles. The van der Waals surface area contributed by atoms with Crippen LogP contribution in [0.1, 0.15) is 30.4 Å². The summed E-state index contributed by atoms with van der Waals surface area (Å²) >= 11 is 0. The first-order chi connectivity index (χ1) is 8.90. The summed E-state index contributed by atoms with van der Waals surface area (Å²) in [6.07, 6.45) is -2.46. The normalized spacial score (nSPS) is 20.8. The topological polar surface area (TPSA) is 44.5 Å². The summed E-state index contributed by atoms with van der Waals surface area (Å²) in [6.45, 7) is 0.604. The van der Waals surface area contributed by atoms with Crippen LogP contribution in [0.3, 0.4) is 0 Å². The van der Waals surface area contributed by atoms with Crippen LogP contribution in [0.15, 0.2) is 12.1 Å². The van der Waals surface area contributed by atoms with Crippen molar-refractivity contribution < 1.29 is 22.6 Å². The number of rotatable bonds is 1. The number of nitrogens with two attached hydrogens (primary N) is 1. The maximum absolute atomic E-state index is 13.2. The molecule has 1 fully saturated rings. The van der Waals surface area contributed by atoms with Crippen molar-refractivity contribution in [1.82, 2.24) is 0 Å². The number of alkyl halides is 3. The summed E-state index contributed by atoms with van der Waals surface area (Å²) in [5.41, 5.74) is 4.58. The molecule has 19 heavy (non-hydrogen) atoms. The second kappa shape index (κ2) is 4.03. The van der Waals surface area contributed by atoms with Gasteiger partial charge in [-0.25, -0.2) is 0 Å². The molecule has 1 aromatic rings. The van der Waals surface area contributed by atoms with Crippen LogP contribution in [-0.4, -0.2) is 13.2 Å². The van der Waals surface area contributed by atoms with Gasteiger partial charge < -0.3 is 15.2 Å². The number of hydrogen-bond acceptors (Lipinski definition) is 3. The van der Waals surface area contributed by atoms with Gasteiger partial charge in [-0.3, -0.25) is 0 Å². The molecule has 0 atom stereocenters. The first-order valence-electron chi connectivity index (χ1n) is 6.20. The molecule has 3 rings (SSSR count). The monoisotopic (exact) mass is 273 g/mol. The smallest absolute Gasteiger partial charge is 0.416 e. The van der Waals surface area contributed by atoms with Gasteiger partial charge in [0.1, 0.15) is 13.2 Å². The summed E-state index contributed by atoms with van der Waals surface area (Å²) in [5, 5.41) is 0. The molecule has 104 valence electrons. The second-order valence-electron chi connectivity index (χ2n) is 5.05. The predicted octanol–water partition coefficient (Wildman–Crippen LogP) is 2.81. The Balaban J connectivity index is 2.14. The first-order valence-corrected chi connectivity index (χ1v) is 6.20. The van der Waals surface area contributed by atoms with E-state index in [0.717, 1.165) is 12.5 Å². The highest BCUT2D eigenvalue weighted by molar-refractivity contribution is 5.52. The van der Waals surface area contributed by atoms with E-state index in [0.29, 0.717) is 25.2 Å². The summed E-state index contributed by atoms with van der Waals surface area (Å²) in [6, 6.07) is 2.41. The zero-order valence-corrected chi connectivity index (χ0v) is 10.2. The van der Waals surface area contributed by atoms with Crippen LogP contribution < -0.4 is 15.2 Å². The van der Waals surface area contributed by atoms with Gasteiger partial charge >= 0.3 is 6.18 Å². The van der Waals surface area contributed by atoms with Crippen molar-refractivity contribution in [3.63, 3.8) is 0 Å². The molecule has 1 aliphatic carbocycles. The standard InChI is InChI=1S/C13H14F3NO2/c14-13(15,16)9-7-11-10(18-4-5-19-11)6-8(9)12(17)2-1-3-12/h6-7H,1-5,17H2. The Kier molecular flexibility index (Phi) is 2.67. The quantitative estimate of drug-likeness (QED) is 0.855. The van der Waals surface area contributed by atoms with Crippen LogP contribution in [0.2, 0.25) is 0 Å². The lowest BCUT2D eigenvalue weighted by molar-refractivity contribution is -0.139. The fourth-order valence-corrected chi connectivity index (χ4v) is 2.56. The molecule has 6 heteroatoms. The van der Waals surface area contributed by atoms with Crippen molar-refractivity contribution >= 4 is 0 Å². The third-order valence-electron chi connectivity index (χ3n) is 3.77. The molecule has 0 radical (unpaired) electrons. The lowest BCUT2D eigenvalue weighted by Crippen LogP contribution is -2.44. The first kappa shape index (κ1) is 12.6. The average Bonchev–Trinajstić information content (AvgIpc) is 2.33. The van der Waals surface area contributed by atoms with E-state index in [4.69, 9.17) is 15.2 Å². The molecule has 0 bridgehead atoms. The fourth-order valence-electron chi connectivity index (χ4n) is 2.56. The number of benzene rings is 1. The zero-order valence-electron chi connectivity index (χ0n) is 10.2. The minimum atomic E-state index is -4.44.